The van der Waals surface area contributed by atoms with E-state index >= 15 is 0 Å². The van der Waals surface area contributed by atoms with Crippen molar-refractivity contribution in [1.29, 1.82) is 0 Å². The summed E-state index contributed by atoms with van der Waals surface area (Å²) in [7, 11) is 1.42. The molecule has 1 aromatic rings. The number of benzene rings is 1. The number of aryl methyl sites for hydroxylation is 1. The molecule has 0 amide bonds. The fourth-order valence-electron chi connectivity index (χ4n) is 4.41. The molecule has 0 saturated carbocycles. The summed E-state index contributed by atoms with van der Waals surface area (Å²) >= 11 is 0. The van der Waals surface area contributed by atoms with Gasteiger partial charge in [0.15, 0.2) is 11.5 Å². The molecule has 6 heteroatoms. The number of carbonyl (C=O) groups is 1. The van der Waals surface area contributed by atoms with Crippen LogP contribution in [0.3, 0.4) is 0 Å². The number of hydrogen-bond acceptors (Lipinski definition) is 6. The zero-order valence-electron chi connectivity index (χ0n) is 22.4. The lowest BCUT2D eigenvalue weighted by Crippen LogP contribution is -2.16. The Hall–Kier alpha value is -1.95. The van der Waals surface area contributed by atoms with Gasteiger partial charge in [0.05, 0.1) is 26.2 Å². The summed E-state index contributed by atoms with van der Waals surface area (Å²) in [6.07, 6.45) is 16.4. The third-order valence-corrected chi connectivity index (χ3v) is 6.64. The molecule has 0 heterocycles. The highest BCUT2D eigenvalue weighted by molar-refractivity contribution is 5.69. The lowest BCUT2D eigenvalue weighted by Gasteiger charge is -2.12. The van der Waals surface area contributed by atoms with Crippen molar-refractivity contribution in [3.63, 3.8) is 0 Å². The molecular formula is C29H50O6. The van der Waals surface area contributed by atoms with Crippen LogP contribution in [0, 0.1) is 5.92 Å². The quantitative estimate of drug-likeness (QED) is 0.0961. The fourth-order valence-corrected chi connectivity index (χ4v) is 4.41. The number of phenolic OH excluding ortho intramolecular Hbond substituents is 2. The minimum Gasteiger partial charge on any atom is -0.504 e. The Labute approximate surface area is 213 Å². The number of unbranched alkanes of at least 4 members (excludes halogenated alkanes) is 8. The SMILES string of the molecule is CCCCCCC[C@H](C)CCCCCCC[C@H](O)CC(=O)OCCCc1cc(O)c(O)c(OC)c1. The largest absolute Gasteiger partial charge is 0.504 e. The molecule has 0 bridgehead atoms. The van der Waals surface area contributed by atoms with E-state index in [4.69, 9.17) is 9.47 Å². The molecule has 0 saturated heterocycles. The Kier molecular flexibility index (Phi) is 17.1. The molecule has 0 unspecified atom stereocenters. The molecule has 0 aliphatic carbocycles. The first kappa shape index (κ1) is 31.1. The monoisotopic (exact) mass is 494 g/mol. The van der Waals surface area contributed by atoms with Crippen molar-refractivity contribution in [1.82, 2.24) is 0 Å². The molecule has 0 radical (unpaired) electrons. The summed E-state index contributed by atoms with van der Waals surface area (Å²) in [5.74, 6) is 0.146. The number of hydrogen-bond donors (Lipinski definition) is 3. The highest BCUT2D eigenvalue weighted by atomic mass is 16.5. The van der Waals surface area contributed by atoms with Crippen LogP contribution in [-0.4, -0.2) is 41.1 Å². The van der Waals surface area contributed by atoms with E-state index in [1.165, 1.54) is 77.4 Å². The fraction of sp³-hybridized carbons (Fsp3) is 0.759. The normalized spacial score (nSPS) is 12.9. The molecule has 1 rings (SSSR count). The van der Waals surface area contributed by atoms with Crippen molar-refractivity contribution < 1.29 is 29.6 Å². The van der Waals surface area contributed by atoms with Crippen LogP contribution in [0.15, 0.2) is 12.1 Å². The molecular weight excluding hydrogens is 444 g/mol. The molecule has 0 spiro atoms. The molecule has 2 atom stereocenters. The standard InChI is InChI=1S/C29H50O6/c1-4-5-6-8-11-15-23(2)16-12-9-7-10-13-18-25(30)22-28(32)35-19-14-17-24-20-26(31)29(33)27(21-24)34-3/h20-21,23,25,30-31,33H,4-19,22H2,1-3H3/t23-,25-/m0/s1. The number of ether oxygens (including phenoxy) is 2. The van der Waals surface area contributed by atoms with Gasteiger partial charge in [-0.3, -0.25) is 4.79 Å². The number of aromatic hydroxyl groups is 2. The van der Waals surface area contributed by atoms with Gasteiger partial charge in [0, 0.05) is 0 Å². The maximum Gasteiger partial charge on any atom is 0.308 e. The van der Waals surface area contributed by atoms with Crippen LogP contribution >= 0.6 is 0 Å². The van der Waals surface area contributed by atoms with Crippen molar-refractivity contribution >= 4 is 5.97 Å². The van der Waals surface area contributed by atoms with E-state index in [1.807, 2.05) is 0 Å². The topological polar surface area (TPSA) is 96.2 Å². The van der Waals surface area contributed by atoms with E-state index < -0.39 is 6.10 Å². The number of phenols is 2. The van der Waals surface area contributed by atoms with Crippen LogP contribution < -0.4 is 4.74 Å². The Morgan fingerprint density at radius 3 is 2.11 bits per heavy atom. The Balaban J connectivity index is 2.01. The summed E-state index contributed by atoms with van der Waals surface area (Å²) in [5, 5.41) is 29.5. The first-order chi connectivity index (χ1) is 16.9. The summed E-state index contributed by atoms with van der Waals surface area (Å²) < 4.78 is 10.3. The second kappa shape index (κ2) is 19.3. The number of esters is 1. The van der Waals surface area contributed by atoms with Gasteiger partial charge >= 0.3 is 5.97 Å². The Morgan fingerprint density at radius 2 is 1.49 bits per heavy atom. The van der Waals surface area contributed by atoms with E-state index in [-0.39, 0.29) is 36.2 Å². The number of rotatable bonds is 21. The minimum absolute atomic E-state index is 0.0313. The second-order valence-electron chi connectivity index (χ2n) is 10.0. The van der Waals surface area contributed by atoms with Crippen LogP contribution in [0.25, 0.3) is 0 Å². The second-order valence-corrected chi connectivity index (χ2v) is 10.0. The highest BCUT2D eigenvalue weighted by Crippen LogP contribution is 2.36. The zero-order valence-corrected chi connectivity index (χ0v) is 22.4. The average molecular weight is 495 g/mol. The molecule has 0 fully saturated rings. The van der Waals surface area contributed by atoms with Crippen LogP contribution in [-0.2, 0) is 16.0 Å². The number of methoxy groups -OCH3 is 1. The predicted molar refractivity (Wildman–Crippen MR) is 141 cm³/mol. The van der Waals surface area contributed by atoms with Crippen LogP contribution in [0.4, 0.5) is 0 Å². The van der Waals surface area contributed by atoms with Crippen LogP contribution in [0.2, 0.25) is 0 Å². The molecule has 3 N–H and O–H groups in total. The summed E-state index contributed by atoms with van der Waals surface area (Å²) in [5.41, 5.74) is 0.783. The molecule has 1 aromatic carbocycles. The molecule has 0 aliphatic rings. The van der Waals surface area contributed by atoms with Gasteiger partial charge in [-0.1, -0.05) is 90.9 Å². The maximum absolute atomic E-state index is 12.0. The average Bonchev–Trinajstić information content (AvgIpc) is 2.83. The molecule has 35 heavy (non-hydrogen) atoms. The van der Waals surface area contributed by atoms with Gasteiger partial charge in [-0.25, -0.2) is 0 Å². The minimum atomic E-state index is -0.645. The van der Waals surface area contributed by atoms with E-state index in [9.17, 15) is 20.1 Å². The Morgan fingerprint density at radius 1 is 0.886 bits per heavy atom. The van der Waals surface area contributed by atoms with Gasteiger partial charge in [0.2, 0.25) is 5.75 Å². The molecule has 6 nitrogen and oxygen atoms in total. The zero-order chi connectivity index (χ0) is 25.9. The summed E-state index contributed by atoms with van der Waals surface area (Å²) in [6, 6.07) is 3.12. The van der Waals surface area contributed by atoms with E-state index in [1.54, 1.807) is 6.07 Å². The van der Waals surface area contributed by atoms with Crippen molar-refractivity contribution in [2.45, 2.75) is 123 Å². The van der Waals surface area contributed by atoms with E-state index in [0.29, 0.717) is 19.3 Å². The number of carbonyl (C=O) groups excluding carboxylic acids is 1. The molecule has 0 aliphatic heterocycles. The smallest absolute Gasteiger partial charge is 0.308 e. The van der Waals surface area contributed by atoms with Crippen molar-refractivity contribution in [2.75, 3.05) is 13.7 Å². The van der Waals surface area contributed by atoms with Crippen LogP contribution in [0.1, 0.15) is 116 Å². The van der Waals surface area contributed by atoms with Crippen molar-refractivity contribution in [3.8, 4) is 17.2 Å². The number of aliphatic hydroxyl groups excluding tert-OH is 1. The summed E-state index contributed by atoms with van der Waals surface area (Å²) in [6.45, 7) is 4.88. The van der Waals surface area contributed by atoms with Gasteiger partial charge in [-0.2, -0.15) is 0 Å². The highest BCUT2D eigenvalue weighted by Gasteiger charge is 2.13. The van der Waals surface area contributed by atoms with Gasteiger partial charge in [-0.05, 0) is 42.9 Å². The van der Waals surface area contributed by atoms with Crippen LogP contribution in [0.5, 0.6) is 17.2 Å². The Bertz CT molecular complexity index is 690. The predicted octanol–water partition coefficient (Wildman–Crippen LogP) is 7.06. The summed E-state index contributed by atoms with van der Waals surface area (Å²) in [4.78, 5) is 12.0. The first-order valence-electron chi connectivity index (χ1n) is 13.8. The third kappa shape index (κ3) is 14.9. The number of aliphatic hydroxyl groups is 1. The van der Waals surface area contributed by atoms with E-state index in [0.717, 1.165) is 24.3 Å². The third-order valence-electron chi connectivity index (χ3n) is 6.64. The first-order valence-corrected chi connectivity index (χ1v) is 13.8. The van der Waals surface area contributed by atoms with Gasteiger partial charge < -0.3 is 24.8 Å². The molecule has 202 valence electrons. The lowest BCUT2D eigenvalue weighted by molar-refractivity contribution is -0.146. The van der Waals surface area contributed by atoms with Crippen molar-refractivity contribution in [3.05, 3.63) is 17.7 Å². The van der Waals surface area contributed by atoms with E-state index in [2.05, 4.69) is 13.8 Å². The van der Waals surface area contributed by atoms with Gasteiger partial charge in [-0.15, -0.1) is 0 Å². The molecule has 0 aromatic heterocycles. The lowest BCUT2D eigenvalue weighted by atomic mass is 9.96. The van der Waals surface area contributed by atoms with Crippen molar-refractivity contribution in [2.24, 2.45) is 5.92 Å². The van der Waals surface area contributed by atoms with Gasteiger partial charge in [0.1, 0.15) is 0 Å². The van der Waals surface area contributed by atoms with Gasteiger partial charge in [0.25, 0.3) is 0 Å². The maximum atomic E-state index is 12.0.